The van der Waals surface area contributed by atoms with Crippen molar-refractivity contribution >= 4 is 34.0 Å². The number of imidazole rings is 1. The van der Waals surface area contributed by atoms with Gasteiger partial charge in [0.25, 0.3) is 5.91 Å². The molecule has 3 aromatic carbocycles. The van der Waals surface area contributed by atoms with Crippen LogP contribution in [0.25, 0.3) is 22.4 Å². The van der Waals surface area contributed by atoms with Crippen molar-refractivity contribution in [2.24, 2.45) is 0 Å². The van der Waals surface area contributed by atoms with Crippen LogP contribution in [0.4, 0.5) is 17.1 Å². The molecular weight excluding hydrogens is 544 g/mol. The predicted molar refractivity (Wildman–Crippen MR) is 168 cm³/mol. The molecule has 0 spiro atoms. The number of piperazine rings is 1. The number of aliphatic hydroxyl groups excluding tert-OH is 1. The summed E-state index contributed by atoms with van der Waals surface area (Å²) in [4.78, 5) is 23.9. The number of hydrogen-bond donors (Lipinski definition) is 3. The zero-order chi connectivity index (χ0) is 29.3. The van der Waals surface area contributed by atoms with Gasteiger partial charge in [0, 0.05) is 55.7 Å². The van der Waals surface area contributed by atoms with E-state index < -0.39 is 6.04 Å². The molecule has 7 rings (SSSR count). The van der Waals surface area contributed by atoms with Crippen molar-refractivity contribution in [2.45, 2.75) is 24.9 Å². The molecule has 1 amide bonds. The average molecular weight is 583 g/mol. The van der Waals surface area contributed by atoms with E-state index in [9.17, 15) is 4.79 Å². The molecular formula is C33H38N6O4. The third-order valence-electron chi connectivity index (χ3n) is 8.60. The van der Waals surface area contributed by atoms with Crippen LogP contribution in [0, 0.1) is 0 Å². The fourth-order valence-corrected chi connectivity index (χ4v) is 6.12. The fourth-order valence-electron chi connectivity index (χ4n) is 6.12. The molecule has 1 aliphatic carbocycles. The summed E-state index contributed by atoms with van der Waals surface area (Å²) in [7, 11) is 1.64. The fraction of sp³-hybridized carbons (Fsp3) is 0.394. The number of nitrogens with one attached hydrogen (secondary N) is 2. The Balaban J connectivity index is 1.25. The number of amides is 1. The second kappa shape index (κ2) is 11.9. The smallest absolute Gasteiger partial charge is 0.252 e. The molecule has 1 unspecified atom stereocenters. The Morgan fingerprint density at radius 1 is 1.00 bits per heavy atom. The molecule has 0 bridgehead atoms. The third-order valence-corrected chi connectivity index (χ3v) is 8.60. The SMILES string of the molecule is COc1ccc(C2C(=O)Nc3ccc(NC4CC4)cc3-c3nc4cc(N5CCN(CCOCCO)CC5)ccc4n32)cc1. The lowest BCUT2D eigenvalue weighted by molar-refractivity contribution is -0.118. The molecule has 1 saturated carbocycles. The van der Waals surface area contributed by atoms with Gasteiger partial charge in [0.2, 0.25) is 0 Å². The van der Waals surface area contributed by atoms with E-state index in [-0.39, 0.29) is 12.5 Å². The van der Waals surface area contributed by atoms with E-state index in [4.69, 9.17) is 19.6 Å². The number of rotatable bonds is 10. The Labute approximate surface area is 251 Å². The molecule has 2 aliphatic heterocycles. The minimum Gasteiger partial charge on any atom is -0.497 e. The van der Waals surface area contributed by atoms with E-state index in [1.54, 1.807) is 7.11 Å². The molecule has 1 atom stereocenters. The van der Waals surface area contributed by atoms with Gasteiger partial charge in [-0.1, -0.05) is 12.1 Å². The van der Waals surface area contributed by atoms with Gasteiger partial charge in [0.15, 0.2) is 0 Å². The first-order valence-electron chi connectivity index (χ1n) is 15.1. The van der Waals surface area contributed by atoms with Gasteiger partial charge in [-0.2, -0.15) is 0 Å². The number of aliphatic hydroxyl groups is 1. The first kappa shape index (κ1) is 27.7. The van der Waals surface area contributed by atoms with Gasteiger partial charge >= 0.3 is 0 Å². The van der Waals surface area contributed by atoms with Gasteiger partial charge in [-0.05, 0) is 66.9 Å². The summed E-state index contributed by atoms with van der Waals surface area (Å²) in [5.74, 6) is 1.42. The molecule has 10 heteroatoms. The second-order valence-electron chi connectivity index (χ2n) is 11.5. The standard InChI is InChI=1S/C33H38N6O4/c1-42-26-8-2-22(3-9-26)31-33(41)36-28-10-6-24(34-23-4-5-23)20-27(28)32-35-29-21-25(7-11-30(29)39(31)32)38-14-12-37(13-15-38)16-18-43-19-17-40/h2-3,6-11,20-21,23,31,34,40H,4-5,12-19H2,1H3,(H,36,41). The summed E-state index contributed by atoms with van der Waals surface area (Å²) in [6.07, 6.45) is 2.36. The quantitative estimate of drug-likeness (QED) is 0.242. The number of benzene rings is 3. The maximum atomic E-state index is 13.9. The Bertz CT molecular complexity index is 1610. The number of anilines is 3. The van der Waals surface area contributed by atoms with Crippen LogP contribution < -0.4 is 20.3 Å². The molecule has 1 aromatic heterocycles. The first-order valence-corrected chi connectivity index (χ1v) is 15.1. The maximum absolute atomic E-state index is 13.9. The highest BCUT2D eigenvalue weighted by atomic mass is 16.5. The lowest BCUT2D eigenvalue weighted by atomic mass is 10.1. The maximum Gasteiger partial charge on any atom is 0.252 e. The number of ether oxygens (including phenoxy) is 2. The van der Waals surface area contributed by atoms with Crippen LogP contribution in [0.5, 0.6) is 5.75 Å². The predicted octanol–water partition coefficient (Wildman–Crippen LogP) is 3.96. The van der Waals surface area contributed by atoms with Gasteiger partial charge in [-0.3, -0.25) is 9.69 Å². The highest BCUT2D eigenvalue weighted by molar-refractivity contribution is 6.03. The summed E-state index contributed by atoms with van der Waals surface area (Å²) in [6.45, 7) is 5.67. The van der Waals surface area contributed by atoms with Crippen molar-refractivity contribution in [3.8, 4) is 17.1 Å². The van der Waals surface area contributed by atoms with Crippen molar-refractivity contribution in [1.29, 1.82) is 0 Å². The summed E-state index contributed by atoms with van der Waals surface area (Å²) >= 11 is 0. The van der Waals surface area contributed by atoms with Crippen LogP contribution in [-0.4, -0.2) is 91.2 Å². The summed E-state index contributed by atoms with van der Waals surface area (Å²) in [5.41, 5.74) is 6.49. The Kier molecular flexibility index (Phi) is 7.65. The lowest BCUT2D eigenvalue weighted by Crippen LogP contribution is -2.47. The molecule has 3 aliphatic rings. The van der Waals surface area contributed by atoms with Gasteiger partial charge in [0.05, 0.1) is 43.7 Å². The highest BCUT2D eigenvalue weighted by Crippen LogP contribution is 2.41. The van der Waals surface area contributed by atoms with Crippen LogP contribution in [0.3, 0.4) is 0 Å². The van der Waals surface area contributed by atoms with Crippen LogP contribution >= 0.6 is 0 Å². The van der Waals surface area contributed by atoms with Crippen LogP contribution in [0.1, 0.15) is 24.4 Å². The molecule has 43 heavy (non-hydrogen) atoms. The zero-order valence-corrected chi connectivity index (χ0v) is 24.5. The number of aromatic nitrogens is 2. The van der Waals surface area contributed by atoms with Crippen LogP contribution in [0.2, 0.25) is 0 Å². The third kappa shape index (κ3) is 5.65. The van der Waals surface area contributed by atoms with Gasteiger partial charge < -0.3 is 34.7 Å². The number of carbonyl (C=O) groups is 1. The molecule has 224 valence electrons. The summed E-state index contributed by atoms with van der Waals surface area (Å²) < 4.78 is 12.9. The van der Waals surface area contributed by atoms with Crippen molar-refractivity contribution in [1.82, 2.24) is 14.5 Å². The van der Waals surface area contributed by atoms with Crippen molar-refractivity contribution in [3.63, 3.8) is 0 Å². The van der Waals surface area contributed by atoms with Crippen LogP contribution in [-0.2, 0) is 9.53 Å². The normalized spacial score (nSPS) is 18.6. The van der Waals surface area contributed by atoms with Crippen molar-refractivity contribution < 1.29 is 19.4 Å². The van der Waals surface area contributed by atoms with E-state index in [1.165, 1.54) is 12.8 Å². The lowest BCUT2D eigenvalue weighted by Gasteiger charge is -2.36. The summed E-state index contributed by atoms with van der Waals surface area (Å²) in [5, 5.41) is 15.7. The monoisotopic (exact) mass is 582 g/mol. The molecule has 0 radical (unpaired) electrons. The Morgan fingerprint density at radius 3 is 2.56 bits per heavy atom. The molecule has 1 saturated heterocycles. The van der Waals surface area contributed by atoms with E-state index in [2.05, 4.69) is 49.3 Å². The number of hydrogen-bond acceptors (Lipinski definition) is 8. The number of methoxy groups -OCH3 is 1. The molecule has 3 heterocycles. The highest BCUT2D eigenvalue weighted by Gasteiger charge is 2.33. The average Bonchev–Trinajstić information content (AvgIpc) is 3.80. The molecule has 10 nitrogen and oxygen atoms in total. The number of carbonyl (C=O) groups excluding carboxylic acids is 1. The Morgan fingerprint density at radius 2 is 1.81 bits per heavy atom. The van der Waals surface area contributed by atoms with E-state index in [0.717, 1.165) is 83.5 Å². The largest absolute Gasteiger partial charge is 0.497 e. The van der Waals surface area contributed by atoms with Gasteiger partial charge in [-0.25, -0.2) is 4.98 Å². The van der Waals surface area contributed by atoms with Crippen molar-refractivity contribution in [2.75, 3.05) is 75.2 Å². The number of nitrogens with zero attached hydrogens (tertiary/aromatic N) is 4. The van der Waals surface area contributed by atoms with E-state index >= 15 is 0 Å². The van der Waals surface area contributed by atoms with Gasteiger partial charge in [0.1, 0.15) is 17.6 Å². The first-order chi connectivity index (χ1) is 21.1. The van der Waals surface area contributed by atoms with E-state index in [0.29, 0.717) is 19.3 Å². The minimum absolute atomic E-state index is 0.0589. The zero-order valence-electron chi connectivity index (χ0n) is 24.5. The number of fused-ring (bicyclic) bond motifs is 5. The Hall–Kier alpha value is -4.12. The topological polar surface area (TPSA) is 104 Å². The van der Waals surface area contributed by atoms with E-state index in [1.807, 2.05) is 36.4 Å². The molecule has 3 N–H and O–H groups in total. The van der Waals surface area contributed by atoms with Gasteiger partial charge in [-0.15, -0.1) is 0 Å². The van der Waals surface area contributed by atoms with Crippen LogP contribution in [0.15, 0.2) is 60.7 Å². The van der Waals surface area contributed by atoms with Crippen molar-refractivity contribution in [3.05, 3.63) is 66.2 Å². The minimum atomic E-state index is -0.597. The molecule has 4 aromatic rings. The second-order valence-corrected chi connectivity index (χ2v) is 11.5. The molecule has 2 fully saturated rings. The summed E-state index contributed by atoms with van der Waals surface area (Å²) in [6, 6.07) is 20.2.